The Balaban J connectivity index is 0.000000604. The van der Waals surface area contributed by atoms with E-state index in [1.54, 1.807) is 28.4 Å². The van der Waals surface area contributed by atoms with Gasteiger partial charge >= 0.3 is 11.9 Å². The molecule has 1 saturated heterocycles. The second-order valence-corrected chi connectivity index (χ2v) is 7.57. The maximum absolute atomic E-state index is 9.10. The minimum atomic E-state index is -1.82. The summed E-state index contributed by atoms with van der Waals surface area (Å²) in [5, 5.41) is 14.8. The lowest BCUT2D eigenvalue weighted by atomic mass is 10.1. The van der Waals surface area contributed by atoms with Gasteiger partial charge in [-0.25, -0.2) is 9.59 Å². The zero-order valence-corrected chi connectivity index (χ0v) is 19.9. The van der Waals surface area contributed by atoms with E-state index in [0.29, 0.717) is 0 Å². The molecule has 0 spiro atoms. The van der Waals surface area contributed by atoms with E-state index < -0.39 is 11.9 Å². The number of carboxylic acid groups (broad SMARTS) is 2. The van der Waals surface area contributed by atoms with Crippen LogP contribution in [0.25, 0.3) is 0 Å². The van der Waals surface area contributed by atoms with Crippen LogP contribution in [0.1, 0.15) is 11.1 Å². The number of benzene rings is 2. The summed E-state index contributed by atoms with van der Waals surface area (Å²) in [6, 6.07) is 12.2. The van der Waals surface area contributed by atoms with Crippen LogP contribution in [0, 0.1) is 0 Å². The third-order valence-electron chi connectivity index (χ3n) is 5.32. The van der Waals surface area contributed by atoms with Crippen molar-refractivity contribution in [2.75, 3.05) is 54.6 Å². The Morgan fingerprint density at radius 1 is 0.676 bits per heavy atom. The van der Waals surface area contributed by atoms with Gasteiger partial charge in [-0.3, -0.25) is 9.80 Å². The Morgan fingerprint density at radius 2 is 1.15 bits per heavy atom. The van der Waals surface area contributed by atoms with Crippen LogP contribution in [-0.2, 0) is 22.7 Å². The van der Waals surface area contributed by atoms with Gasteiger partial charge in [0.15, 0.2) is 11.5 Å². The number of hydrogen-bond acceptors (Lipinski definition) is 8. The van der Waals surface area contributed by atoms with Crippen molar-refractivity contribution in [2.45, 2.75) is 13.1 Å². The van der Waals surface area contributed by atoms with Gasteiger partial charge in [-0.05, 0) is 35.4 Å². The largest absolute Gasteiger partial charge is 0.497 e. The van der Waals surface area contributed by atoms with E-state index in [9.17, 15) is 0 Å². The van der Waals surface area contributed by atoms with Crippen molar-refractivity contribution in [2.24, 2.45) is 0 Å². The predicted octanol–water partition coefficient (Wildman–Crippen LogP) is 2.19. The molecule has 2 aromatic carbocycles. The van der Waals surface area contributed by atoms with Gasteiger partial charge in [0.2, 0.25) is 0 Å². The number of ether oxygens (including phenoxy) is 4. The zero-order valence-electron chi connectivity index (χ0n) is 19.9. The lowest BCUT2D eigenvalue weighted by Gasteiger charge is -2.35. The van der Waals surface area contributed by atoms with E-state index >= 15 is 0 Å². The highest BCUT2D eigenvalue weighted by atomic mass is 16.5. The smallest absolute Gasteiger partial charge is 0.414 e. The summed E-state index contributed by atoms with van der Waals surface area (Å²) >= 11 is 0. The first-order valence-corrected chi connectivity index (χ1v) is 10.6. The van der Waals surface area contributed by atoms with Gasteiger partial charge in [0.25, 0.3) is 0 Å². The second-order valence-electron chi connectivity index (χ2n) is 7.57. The van der Waals surface area contributed by atoms with E-state index in [0.717, 1.165) is 62.3 Å². The van der Waals surface area contributed by atoms with Crippen molar-refractivity contribution >= 4 is 11.9 Å². The number of carboxylic acids is 2. The summed E-state index contributed by atoms with van der Waals surface area (Å²) in [6.07, 6.45) is 0. The molecule has 3 rings (SSSR count). The molecule has 0 amide bonds. The molecule has 0 bridgehead atoms. The van der Waals surface area contributed by atoms with Crippen LogP contribution in [0.5, 0.6) is 23.0 Å². The summed E-state index contributed by atoms with van der Waals surface area (Å²) in [6.45, 7) is 5.96. The van der Waals surface area contributed by atoms with Crippen LogP contribution in [0.4, 0.5) is 0 Å². The molecule has 0 aromatic heterocycles. The van der Waals surface area contributed by atoms with Gasteiger partial charge in [-0.2, -0.15) is 0 Å². The van der Waals surface area contributed by atoms with Gasteiger partial charge in [0, 0.05) is 45.3 Å². The Morgan fingerprint density at radius 3 is 1.56 bits per heavy atom. The molecule has 1 fully saturated rings. The van der Waals surface area contributed by atoms with Crippen LogP contribution in [0.15, 0.2) is 36.4 Å². The summed E-state index contributed by atoms with van der Waals surface area (Å²) in [4.78, 5) is 23.1. The molecule has 10 heteroatoms. The third-order valence-corrected chi connectivity index (χ3v) is 5.32. The lowest BCUT2D eigenvalue weighted by Crippen LogP contribution is -2.45. The van der Waals surface area contributed by atoms with E-state index in [2.05, 4.69) is 34.1 Å². The summed E-state index contributed by atoms with van der Waals surface area (Å²) < 4.78 is 21.5. The number of nitrogens with zero attached hydrogens (tertiary/aromatic N) is 2. The highest BCUT2D eigenvalue weighted by molar-refractivity contribution is 6.27. The average molecular weight is 477 g/mol. The monoisotopic (exact) mass is 476 g/mol. The molecular formula is C24H32N2O8. The van der Waals surface area contributed by atoms with Crippen molar-refractivity contribution in [3.63, 3.8) is 0 Å². The first-order chi connectivity index (χ1) is 16.3. The molecule has 0 saturated carbocycles. The van der Waals surface area contributed by atoms with Gasteiger partial charge < -0.3 is 29.2 Å². The van der Waals surface area contributed by atoms with Crippen molar-refractivity contribution in [3.05, 3.63) is 47.5 Å². The van der Waals surface area contributed by atoms with E-state index in [1.807, 2.05) is 12.1 Å². The fourth-order valence-corrected chi connectivity index (χ4v) is 3.56. The summed E-state index contributed by atoms with van der Waals surface area (Å²) in [7, 11) is 6.71. The van der Waals surface area contributed by atoms with Gasteiger partial charge in [0.05, 0.1) is 28.4 Å². The third kappa shape index (κ3) is 8.13. The standard InChI is InChI=1S/C22H30N2O4.C2H2O4/c1-25-19-11-18(12-20(14-19)26-2)16-24-9-7-23(8-10-24)15-17-5-6-21(27-3)22(13-17)28-4;3-1(4)2(5)6/h5-6,11-14H,7-10,15-16H2,1-4H3;(H,3,4)(H,5,6). The average Bonchev–Trinajstić information content (AvgIpc) is 2.85. The fraction of sp³-hybridized carbons (Fsp3) is 0.417. The van der Waals surface area contributed by atoms with Crippen molar-refractivity contribution in [1.29, 1.82) is 0 Å². The Labute approximate surface area is 199 Å². The SMILES string of the molecule is COc1cc(CN2CCN(Cc3ccc(OC)c(OC)c3)CC2)cc(OC)c1.O=C(O)C(=O)O. The molecule has 0 atom stereocenters. The maximum Gasteiger partial charge on any atom is 0.414 e. The predicted molar refractivity (Wildman–Crippen MR) is 125 cm³/mol. The molecule has 1 aliphatic heterocycles. The minimum Gasteiger partial charge on any atom is -0.497 e. The van der Waals surface area contributed by atoms with Gasteiger partial charge in [-0.15, -0.1) is 0 Å². The van der Waals surface area contributed by atoms with Crippen molar-refractivity contribution in [3.8, 4) is 23.0 Å². The molecule has 186 valence electrons. The minimum absolute atomic E-state index is 0.768. The molecule has 2 aromatic rings. The molecule has 1 aliphatic rings. The molecule has 0 radical (unpaired) electrons. The number of hydrogen-bond donors (Lipinski definition) is 2. The molecular weight excluding hydrogens is 444 g/mol. The Hall–Kier alpha value is -3.50. The summed E-state index contributed by atoms with van der Waals surface area (Å²) in [5.41, 5.74) is 2.45. The zero-order chi connectivity index (χ0) is 25.1. The highest BCUT2D eigenvalue weighted by Crippen LogP contribution is 2.28. The number of piperazine rings is 1. The Bertz CT molecular complexity index is 924. The molecule has 2 N–H and O–H groups in total. The van der Waals surface area contributed by atoms with Gasteiger partial charge in [-0.1, -0.05) is 6.07 Å². The second kappa shape index (κ2) is 13.3. The van der Waals surface area contributed by atoms with Crippen LogP contribution < -0.4 is 18.9 Å². The van der Waals surface area contributed by atoms with Crippen LogP contribution in [0.2, 0.25) is 0 Å². The number of carbonyl (C=O) groups is 2. The quantitative estimate of drug-likeness (QED) is 0.549. The van der Waals surface area contributed by atoms with Crippen LogP contribution in [0.3, 0.4) is 0 Å². The number of aliphatic carboxylic acids is 2. The lowest BCUT2D eigenvalue weighted by molar-refractivity contribution is -0.159. The highest BCUT2D eigenvalue weighted by Gasteiger charge is 2.18. The van der Waals surface area contributed by atoms with Crippen molar-refractivity contribution in [1.82, 2.24) is 9.80 Å². The van der Waals surface area contributed by atoms with Crippen LogP contribution in [-0.4, -0.2) is 86.6 Å². The topological polar surface area (TPSA) is 118 Å². The fourth-order valence-electron chi connectivity index (χ4n) is 3.56. The normalized spacial score (nSPS) is 13.9. The van der Waals surface area contributed by atoms with Crippen LogP contribution >= 0.6 is 0 Å². The van der Waals surface area contributed by atoms with Gasteiger partial charge in [0.1, 0.15) is 11.5 Å². The van der Waals surface area contributed by atoms with E-state index in [-0.39, 0.29) is 0 Å². The van der Waals surface area contributed by atoms with Crippen molar-refractivity contribution < 1.29 is 38.7 Å². The van der Waals surface area contributed by atoms with E-state index in [4.69, 9.17) is 38.7 Å². The first kappa shape index (κ1) is 26.7. The number of methoxy groups -OCH3 is 4. The Kier molecular flexibility index (Phi) is 10.4. The molecule has 10 nitrogen and oxygen atoms in total. The maximum atomic E-state index is 9.10. The molecule has 1 heterocycles. The molecule has 34 heavy (non-hydrogen) atoms. The summed E-state index contributed by atoms with van der Waals surface area (Å²) in [5.74, 6) is -0.428. The molecule has 0 aliphatic carbocycles. The van der Waals surface area contributed by atoms with E-state index in [1.165, 1.54) is 11.1 Å². The molecule has 0 unspecified atom stereocenters. The first-order valence-electron chi connectivity index (χ1n) is 10.6. The number of rotatable bonds is 8.